The molecule has 0 amide bonds. The van der Waals surface area contributed by atoms with E-state index in [1.54, 1.807) is 6.07 Å². The van der Waals surface area contributed by atoms with Gasteiger partial charge in [0.25, 0.3) is 0 Å². The Kier molecular flexibility index (Phi) is 7.72. The molecular formula is C19H29BrN2O3. The number of carbonyl (C=O) groups excluding carboxylic acids is 1. The van der Waals surface area contributed by atoms with Crippen LogP contribution in [0.1, 0.15) is 67.8 Å². The number of halogens is 1. The van der Waals surface area contributed by atoms with Gasteiger partial charge in [-0.3, -0.25) is 0 Å². The van der Waals surface area contributed by atoms with Crippen LogP contribution in [0.5, 0.6) is 0 Å². The Balaban J connectivity index is 2.05. The molecule has 4 N–H and O–H groups in total. The number of aliphatic hydroxyl groups excluding tert-OH is 1. The van der Waals surface area contributed by atoms with Crippen molar-refractivity contribution in [1.82, 2.24) is 5.32 Å². The first kappa shape index (κ1) is 20.2. The highest BCUT2D eigenvalue weighted by molar-refractivity contribution is 9.10. The molecule has 2 rings (SSSR count). The summed E-state index contributed by atoms with van der Waals surface area (Å²) in [5.41, 5.74) is 8.46. The minimum Gasteiger partial charge on any atom is -0.462 e. The average Bonchev–Trinajstić information content (AvgIpc) is 3.09. The van der Waals surface area contributed by atoms with Gasteiger partial charge in [0.1, 0.15) is 0 Å². The fraction of sp³-hybridized carbons (Fsp3) is 0.632. The molecule has 1 aromatic rings. The molecule has 0 aromatic heterocycles. The zero-order valence-corrected chi connectivity index (χ0v) is 16.5. The molecule has 6 heteroatoms. The van der Waals surface area contributed by atoms with Gasteiger partial charge >= 0.3 is 5.97 Å². The number of nitrogen functional groups attached to an aromatic ring is 1. The predicted octanol–water partition coefficient (Wildman–Crippen LogP) is 3.77. The standard InChI is InChI=1S/C19H29BrN2O3/c1-2-19(7-3-4-8-19)22-13-15-11-14(12-16(20)17(15)21)18(24)25-10-6-5-9-23/h11-12,22-23H,2-10,13,21H2,1H3. The van der Waals surface area contributed by atoms with E-state index < -0.39 is 0 Å². The van der Waals surface area contributed by atoms with E-state index in [4.69, 9.17) is 15.6 Å². The average molecular weight is 413 g/mol. The molecule has 0 atom stereocenters. The first-order valence-corrected chi connectivity index (χ1v) is 9.91. The second-order valence-electron chi connectivity index (χ2n) is 6.79. The normalized spacial score (nSPS) is 16.1. The molecule has 0 spiro atoms. The summed E-state index contributed by atoms with van der Waals surface area (Å²) in [6, 6.07) is 3.53. The largest absolute Gasteiger partial charge is 0.462 e. The van der Waals surface area contributed by atoms with Crippen LogP contribution in [-0.2, 0) is 11.3 Å². The molecule has 1 saturated carbocycles. The Morgan fingerprint density at radius 1 is 1.36 bits per heavy atom. The minimum absolute atomic E-state index is 0.111. The lowest BCUT2D eigenvalue weighted by Crippen LogP contribution is -2.41. The van der Waals surface area contributed by atoms with E-state index in [1.807, 2.05) is 6.07 Å². The third-order valence-electron chi connectivity index (χ3n) is 5.13. The molecule has 1 aliphatic carbocycles. The van der Waals surface area contributed by atoms with Gasteiger partial charge in [-0.25, -0.2) is 4.79 Å². The fourth-order valence-electron chi connectivity index (χ4n) is 3.39. The molecule has 0 aliphatic heterocycles. The van der Waals surface area contributed by atoms with Crippen LogP contribution in [-0.4, -0.2) is 29.8 Å². The van der Waals surface area contributed by atoms with Crippen LogP contribution < -0.4 is 11.1 Å². The summed E-state index contributed by atoms with van der Waals surface area (Å²) in [6.07, 6.45) is 7.30. The zero-order valence-electron chi connectivity index (χ0n) is 14.9. The van der Waals surface area contributed by atoms with Crippen molar-refractivity contribution in [2.45, 2.75) is 64.0 Å². The van der Waals surface area contributed by atoms with Crippen molar-refractivity contribution in [3.05, 3.63) is 27.7 Å². The molecule has 5 nitrogen and oxygen atoms in total. The number of nitrogens with one attached hydrogen (secondary N) is 1. The number of hydrogen-bond acceptors (Lipinski definition) is 5. The van der Waals surface area contributed by atoms with Gasteiger partial charge in [-0.15, -0.1) is 0 Å². The van der Waals surface area contributed by atoms with Crippen LogP contribution in [0.15, 0.2) is 16.6 Å². The van der Waals surface area contributed by atoms with Crippen molar-refractivity contribution in [2.24, 2.45) is 0 Å². The topological polar surface area (TPSA) is 84.6 Å². The number of hydrogen-bond donors (Lipinski definition) is 3. The van der Waals surface area contributed by atoms with Gasteiger partial charge in [0, 0.05) is 23.2 Å². The number of carbonyl (C=O) groups is 1. The summed E-state index contributed by atoms with van der Waals surface area (Å²) in [5, 5.41) is 12.4. The Labute approximate surface area is 158 Å². The molecule has 1 fully saturated rings. The summed E-state index contributed by atoms with van der Waals surface area (Å²) >= 11 is 3.45. The maximum Gasteiger partial charge on any atom is 0.338 e. The number of esters is 1. The van der Waals surface area contributed by atoms with E-state index in [0.29, 0.717) is 41.7 Å². The number of aliphatic hydroxyl groups is 1. The lowest BCUT2D eigenvalue weighted by atomic mass is 9.93. The van der Waals surface area contributed by atoms with Crippen LogP contribution in [0, 0.1) is 0 Å². The molecular weight excluding hydrogens is 384 g/mol. The SMILES string of the molecule is CCC1(NCc2cc(C(=O)OCCCCO)cc(Br)c2N)CCCC1. The van der Waals surface area contributed by atoms with Crippen LogP contribution in [0.3, 0.4) is 0 Å². The highest BCUT2D eigenvalue weighted by Crippen LogP contribution is 2.33. The van der Waals surface area contributed by atoms with Gasteiger partial charge in [-0.05, 0) is 65.7 Å². The molecule has 0 saturated heterocycles. The highest BCUT2D eigenvalue weighted by Gasteiger charge is 2.31. The number of benzene rings is 1. The van der Waals surface area contributed by atoms with E-state index in [-0.39, 0.29) is 18.1 Å². The van der Waals surface area contributed by atoms with Gasteiger partial charge in [-0.2, -0.15) is 0 Å². The lowest BCUT2D eigenvalue weighted by Gasteiger charge is -2.29. The van der Waals surface area contributed by atoms with E-state index in [9.17, 15) is 4.79 Å². The Hall–Kier alpha value is -1.11. The Morgan fingerprint density at radius 2 is 2.08 bits per heavy atom. The minimum atomic E-state index is -0.356. The number of anilines is 1. The van der Waals surface area contributed by atoms with Crippen molar-refractivity contribution in [3.63, 3.8) is 0 Å². The summed E-state index contributed by atoms with van der Waals surface area (Å²) < 4.78 is 5.98. The van der Waals surface area contributed by atoms with Crippen LogP contribution in [0.25, 0.3) is 0 Å². The van der Waals surface area contributed by atoms with Crippen molar-refractivity contribution < 1.29 is 14.6 Å². The quantitative estimate of drug-likeness (QED) is 0.326. The number of nitrogens with two attached hydrogens (primary N) is 1. The third kappa shape index (κ3) is 5.43. The van der Waals surface area contributed by atoms with Crippen LogP contribution >= 0.6 is 15.9 Å². The van der Waals surface area contributed by atoms with Crippen LogP contribution in [0.4, 0.5) is 5.69 Å². The number of ether oxygens (including phenoxy) is 1. The monoisotopic (exact) mass is 412 g/mol. The van der Waals surface area contributed by atoms with Crippen molar-refractivity contribution in [2.75, 3.05) is 18.9 Å². The smallest absolute Gasteiger partial charge is 0.338 e. The van der Waals surface area contributed by atoms with Crippen LogP contribution in [0.2, 0.25) is 0 Å². The maximum absolute atomic E-state index is 12.2. The Morgan fingerprint density at radius 3 is 2.72 bits per heavy atom. The first-order valence-electron chi connectivity index (χ1n) is 9.12. The lowest BCUT2D eigenvalue weighted by molar-refractivity contribution is 0.0492. The van der Waals surface area contributed by atoms with Gasteiger partial charge in [-0.1, -0.05) is 19.8 Å². The summed E-state index contributed by atoms with van der Waals surface area (Å²) in [7, 11) is 0. The van der Waals surface area contributed by atoms with Gasteiger partial charge in [0.05, 0.1) is 17.9 Å². The summed E-state index contributed by atoms with van der Waals surface area (Å²) in [5.74, 6) is -0.356. The van der Waals surface area contributed by atoms with E-state index in [1.165, 1.54) is 25.7 Å². The highest BCUT2D eigenvalue weighted by atomic mass is 79.9. The molecule has 0 bridgehead atoms. The van der Waals surface area contributed by atoms with Gasteiger partial charge < -0.3 is 20.9 Å². The first-order chi connectivity index (χ1) is 12.0. The summed E-state index contributed by atoms with van der Waals surface area (Å²) in [6.45, 7) is 3.29. The van der Waals surface area contributed by atoms with E-state index in [2.05, 4.69) is 28.2 Å². The molecule has 1 aliphatic rings. The number of rotatable bonds is 9. The van der Waals surface area contributed by atoms with Crippen molar-refractivity contribution >= 4 is 27.6 Å². The van der Waals surface area contributed by atoms with Gasteiger partial charge in [0.2, 0.25) is 0 Å². The number of unbranched alkanes of at least 4 members (excludes halogenated alkanes) is 1. The van der Waals surface area contributed by atoms with Crippen molar-refractivity contribution in [3.8, 4) is 0 Å². The van der Waals surface area contributed by atoms with Crippen molar-refractivity contribution in [1.29, 1.82) is 0 Å². The summed E-state index contributed by atoms with van der Waals surface area (Å²) in [4.78, 5) is 12.2. The van der Waals surface area contributed by atoms with Gasteiger partial charge in [0.15, 0.2) is 0 Å². The predicted molar refractivity (Wildman–Crippen MR) is 103 cm³/mol. The second kappa shape index (κ2) is 9.55. The molecule has 25 heavy (non-hydrogen) atoms. The van der Waals surface area contributed by atoms with E-state index >= 15 is 0 Å². The third-order valence-corrected chi connectivity index (χ3v) is 5.78. The molecule has 0 unspecified atom stereocenters. The zero-order chi connectivity index (χ0) is 18.3. The molecule has 1 aromatic carbocycles. The molecule has 140 valence electrons. The second-order valence-corrected chi connectivity index (χ2v) is 7.65. The Bertz CT molecular complexity index is 586. The van der Waals surface area contributed by atoms with E-state index in [0.717, 1.165) is 12.0 Å². The fourth-order valence-corrected chi connectivity index (χ4v) is 3.89. The molecule has 0 radical (unpaired) electrons. The molecule has 0 heterocycles. The maximum atomic E-state index is 12.2.